The van der Waals surface area contributed by atoms with Gasteiger partial charge in [0.05, 0.1) is 0 Å². The smallest absolute Gasteiger partial charge is 0.354 e. The van der Waals surface area contributed by atoms with Crippen molar-refractivity contribution < 1.29 is 13.2 Å². The molecule has 0 bridgehead atoms. The Balaban J connectivity index is 2.75. The van der Waals surface area contributed by atoms with Crippen molar-refractivity contribution in [2.45, 2.75) is 20.0 Å². The summed E-state index contributed by atoms with van der Waals surface area (Å²) < 4.78 is 36.7. The van der Waals surface area contributed by atoms with E-state index in [4.69, 9.17) is 0 Å². The summed E-state index contributed by atoms with van der Waals surface area (Å²) >= 11 is 0. The fourth-order valence-electron chi connectivity index (χ4n) is 0.897. The normalized spacial score (nSPS) is 11.9. The first-order valence-electron chi connectivity index (χ1n) is 4.53. The molecule has 15 heavy (non-hydrogen) atoms. The Hall–Kier alpha value is -1.33. The van der Waals surface area contributed by atoms with Crippen LogP contribution < -0.4 is 5.32 Å². The third kappa shape index (κ3) is 3.73. The van der Waals surface area contributed by atoms with E-state index in [1.165, 1.54) is 0 Å². The molecule has 0 amide bonds. The minimum Gasteiger partial charge on any atom is -0.354 e. The number of anilines is 1. The molecule has 0 atom stereocenters. The van der Waals surface area contributed by atoms with Gasteiger partial charge in [0.25, 0.3) is 0 Å². The molecule has 0 radical (unpaired) electrons. The van der Waals surface area contributed by atoms with Crippen molar-refractivity contribution in [3.05, 3.63) is 18.0 Å². The predicted molar refractivity (Wildman–Crippen MR) is 50.4 cm³/mol. The van der Waals surface area contributed by atoms with Gasteiger partial charge in [-0.1, -0.05) is 13.8 Å². The van der Waals surface area contributed by atoms with Crippen LogP contribution in [0, 0.1) is 5.92 Å². The van der Waals surface area contributed by atoms with Gasteiger partial charge in [-0.25, -0.2) is 9.97 Å². The maximum Gasteiger partial charge on any atom is 0.433 e. The molecule has 84 valence electrons. The Morgan fingerprint density at radius 2 is 2.07 bits per heavy atom. The van der Waals surface area contributed by atoms with Gasteiger partial charge < -0.3 is 5.32 Å². The van der Waals surface area contributed by atoms with Gasteiger partial charge in [-0.3, -0.25) is 0 Å². The SMILES string of the molecule is CC(C)CNc1nccc(C(F)(F)F)n1. The molecule has 0 aromatic carbocycles. The van der Waals surface area contributed by atoms with Crippen LogP contribution in [0.3, 0.4) is 0 Å². The molecule has 3 nitrogen and oxygen atoms in total. The van der Waals surface area contributed by atoms with E-state index < -0.39 is 11.9 Å². The molecule has 0 spiro atoms. The topological polar surface area (TPSA) is 37.8 Å². The second-order valence-corrected chi connectivity index (χ2v) is 3.54. The number of halogens is 3. The van der Waals surface area contributed by atoms with Crippen LogP contribution in [0.2, 0.25) is 0 Å². The number of nitrogens with one attached hydrogen (secondary N) is 1. The highest BCUT2D eigenvalue weighted by atomic mass is 19.4. The zero-order valence-corrected chi connectivity index (χ0v) is 8.47. The van der Waals surface area contributed by atoms with Gasteiger partial charge >= 0.3 is 6.18 Å². The fraction of sp³-hybridized carbons (Fsp3) is 0.556. The lowest BCUT2D eigenvalue weighted by atomic mass is 10.2. The van der Waals surface area contributed by atoms with Crippen LogP contribution in [-0.2, 0) is 6.18 Å². The van der Waals surface area contributed by atoms with Crippen molar-refractivity contribution in [2.24, 2.45) is 5.92 Å². The summed E-state index contributed by atoms with van der Waals surface area (Å²) in [6.07, 6.45) is -3.32. The predicted octanol–water partition coefficient (Wildman–Crippen LogP) is 2.56. The number of aromatic nitrogens is 2. The zero-order valence-electron chi connectivity index (χ0n) is 8.47. The minimum atomic E-state index is -4.42. The third-order valence-electron chi connectivity index (χ3n) is 1.61. The Kier molecular flexibility index (Phi) is 3.49. The largest absolute Gasteiger partial charge is 0.433 e. The van der Waals surface area contributed by atoms with E-state index in [2.05, 4.69) is 15.3 Å². The summed E-state index contributed by atoms with van der Waals surface area (Å²) in [5, 5.41) is 2.73. The Morgan fingerprint density at radius 3 is 2.60 bits per heavy atom. The molecule has 0 saturated heterocycles. The first-order valence-corrected chi connectivity index (χ1v) is 4.53. The average molecular weight is 219 g/mol. The molecule has 0 unspecified atom stereocenters. The van der Waals surface area contributed by atoms with E-state index in [-0.39, 0.29) is 5.95 Å². The van der Waals surface area contributed by atoms with Gasteiger partial charge in [0.15, 0.2) is 0 Å². The highest BCUT2D eigenvalue weighted by molar-refractivity contribution is 5.25. The van der Waals surface area contributed by atoms with Crippen LogP contribution in [-0.4, -0.2) is 16.5 Å². The number of nitrogens with zero attached hydrogens (tertiary/aromatic N) is 2. The molecule has 6 heteroatoms. The van der Waals surface area contributed by atoms with Gasteiger partial charge in [-0.05, 0) is 12.0 Å². The van der Waals surface area contributed by atoms with Crippen LogP contribution in [0.25, 0.3) is 0 Å². The molecule has 0 aliphatic heterocycles. The van der Waals surface area contributed by atoms with Crippen molar-refractivity contribution in [3.63, 3.8) is 0 Å². The summed E-state index contributed by atoms with van der Waals surface area (Å²) in [5.41, 5.74) is -0.927. The van der Waals surface area contributed by atoms with Crippen LogP contribution in [0.1, 0.15) is 19.5 Å². The Labute approximate surface area is 85.7 Å². The number of hydrogen-bond acceptors (Lipinski definition) is 3. The average Bonchev–Trinajstić information content (AvgIpc) is 2.14. The second kappa shape index (κ2) is 4.46. The molecule has 0 aliphatic carbocycles. The van der Waals surface area contributed by atoms with Crippen molar-refractivity contribution in [1.29, 1.82) is 0 Å². The standard InChI is InChI=1S/C9H12F3N3/c1-6(2)5-14-8-13-4-3-7(15-8)9(10,11)12/h3-4,6H,5H2,1-2H3,(H,13,14,15). The molecule has 0 fully saturated rings. The summed E-state index contributed by atoms with van der Waals surface area (Å²) in [6, 6.07) is 0.848. The lowest BCUT2D eigenvalue weighted by molar-refractivity contribution is -0.141. The molecule has 1 aromatic heterocycles. The quantitative estimate of drug-likeness (QED) is 0.848. The first kappa shape index (κ1) is 11.7. The van der Waals surface area contributed by atoms with Crippen LogP contribution in [0.5, 0.6) is 0 Å². The van der Waals surface area contributed by atoms with E-state index in [1.54, 1.807) is 0 Å². The lowest BCUT2D eigenvalue weighted by Gasteiger charge is -2.09. The molecular formula is C9H12F3N3. The van der Waals surface area contributed by atoms with Crippen LogP contribution in [0.15, 0.2) is 12.3 Å². The minimum absolute atomic E-state index is 0.0125. The van der Waals surface area contributed by atoms with Crippen molar-refractivity contribution >= 4 is 5.95 Å². The van der Waals surface area contributed by atoms with Gasteiger partial charge in [-0.15, -0.1) is 0 Å². The van der Waals surface area contributed by atoms with Gasteiger partial charge in [0.2, 0.25) is 5.95 Å². The molecule has 1 N–H and O–H groups in total. The van der Waals surface area contributed by atoms with Crippen molar-refractivity contribution in [2.75, 3.05) is 11.9 Å². The zero-order chi connectivity index (χ0) is 11.5. The summed E-state index contributed by atoms with van der Waals surface area (Å²) in [6.45, 7) is 4.43. The highest BCUT2D eigenvalue weighted by Crippen LogP contribution is 2.27. The van der Waals surface area contributed by atoms with Gasteiger partial charge in [0, 0.05) is 12.7 Å². The van der Waals surface area contributed by atoms with E-state index in [9.17, 15) is 13.2 Å². The van der Waals surface area contributed by atoms with Gasteiger partial charge in [-0.2, -0.15) is 13.2 Å². The summed E-state index contributed by atoms with van der Waals surface area (Å²) in [5.74, 6) is 0.335. The monoisotopic (exact) mass is 219 g/mol. The molecule has 1 rings (SSSR count). The van der Waals surface area contributed by atoms with E-state index >= 15 is 0 Å². The molecule has 0 saturated carbocycles. The Morgan fingerprint density at radius 1 is 1.40 bits per heavy atom. The number of rotatable bonds is 3. The van der Waals surface area contributed by atoms with Crippen LogP contribution >= 0.6 is 0 Å². The summed E-state index contributed by atoms with van der Waals surface area (Å²) in [4.78, 5) is 7.07. The van der Waals surface area contributed by atoms with Gasteiger partial charge in [0.1, 0.15) is 5.69 Å². The fourth-order valence-corrected chi connectivity index (χ4v) is 0.897. The Bertz CT molecular complexity index is 323. The molecule has 0 aliphatic rings. The third-order valence-corrected chi connectivity index (χ3v) is 1.61. The van der Waals surface area contributed by atoms with Crippen molar-refractivity contribution in [1.82, 2.24) is 9.97 Å². The maximum atomic E-state index is 12.2. The number of alkyl halides is 3. The van der Waals surface area contributed by atoms with Crippen LogP contribution in [0.4, 0.5) is 19.1 Å². The summed E-state index contributed by atoms with van der Waals surface area (Å²) in [7, 11) is 0. The highest BCUT2D eigenvalue weighted by Gasteiger charge is 2.32. The molecular weight excluding hydrogens is 207 g/mol. The maximum absolute atomic E-state index is 12.2. The number of hydrogen-bond donors (Lipinski definition) is 1. The molecule has 1 aromatic rings. The van der Waals surface area contributed by atoms with Crippen molar-refractivity contribution in [3.8, 4) is 0 Å². The lowest BCUT2D eigenvalue weighted by Crippen LogP contribution is -2.14. The first-order chi connectivity index (χ1) is 6.89. The molecule has 1 heterocycles. The van der Waals surface area contributed by atoms with E-state index in [1.807, 2.05) is 13.8 Å². The second-order valence-electron chi connectivity index (χ2n) is 3.54. The van der Waals surface area contributed by atoms with E-state index in [0.29, 0.717) is 12.5 Å². The van der Waals surface area contributed by atoms with E-state index in [0.717, 1.165) is 12.3 Å².